The van der Waals surface area contributed by atoms with Crippen LogP contribution in [0.3, 0.4) is 0 Å². The SMILES string of the molecule is O=C1OC(c2ccc(Cl)c(Cl)c2)=NC1=Cc1ccc(-c2ccc([N+](=O)[O-])cc2)o1. The number of halogens is 2. The number of ether oxygens (including phenoxy) is 1. The van der Waals surface area contributed by atoms with E-state index in [9.17, 15) is 14.9 Å². The predicted octanol–water partition coefficient (Wildman–Crippen LogP) is 5.51. The Hall–Kier alpha value is -3.42. The predicted molar refractivity (Wildman–Crippen MR) is 108 cm³/mol. The van der Waals surface area contributed by atoms with Gasteiger partial charge in [0.25, 0.3) is 5.69 Å². The fraction of sp³-hybridized carbons (Fsp3) is 0. The Balaban J connectivity index is 1.59. The number of esters is 1. The van der Waals surface area contributed by atoms with Crippen LogP contribution in [0.5, 0.6) is 0 Å². The summed E-state index contributed by atoms with van der Waals surface area (Å²) in [6.07, 6.45) is 1.45. The number of nitro groups is 1. The first kappa shape index (κ1) is 18.9. The fourth-order valence-corrected chi connectivity index (χ4v) is 2.93. The van der Waals surface area contributed by atoms with E-state index in [1.807, 2.05) is 0 Å². The summed E-state index contributed by atoms with van der Waals surface area (Å²) in [4.78, 5) is 26.6. The molecule has 0 unspecified atom stereocenters. The third-order valence-electron chi connectivity index (χ3n) is 4.06. The molecule has 2 heterocycles. The molecule has 1 aliphatic heterocycles. The van der Waals surface area contributed by atoms with Crippen molar-refractivity contribution in [3.05, 3.63) is 91.8 Å². The van der Waals surface area contributed by atoms with Crippen LogP contribution in [0.2, 0.25) is 10.0 Å². The lowest BCUT2D eigenvalue weighted by atomic mass is 10.1. The van der Waals surface area contributed by atoms with Gasteiger partial charge in [0, 0.05) is 29.3 Å². The second-order valence-corrected chi connectivity index (χ2v) is 6.79. The van der Waals surface area contributed by atoms with Crippen molar-refractivity contribution in [2.75, 3.05) is 0 Å². The largest absolute Gasteiger partial charge is 0.457 e. The molecule has 9 heteroatoms. The average Bonchev–Trinajstić information content (AvgIpc) is 3.31. The van der Waals surface area contributed by atoms with E-state index >= 15 is 0 Å². The van der Waals surface area contributed by atoms with Crippen molar-refractivity contribution >= 4 is 46.8 Å². The van der Waals surface area contributed by atoms with Gasteiger partial charge >= 0.3 is 5.97 Å². The van der Waals surface area contributed by atoms with Crippen LogP contribution in [-0.4, -0.2) is 16.8 Å². The quantitative estimate of drug-likeness (QED) is 0.236. The van der Waals surface area contributed by atoms with Gasteiger partial charge in [-0.25, -0.2) is 9.79 Å². The summed E-state index contributed by atoms with van der Waals surface area (Å²) in [6, 6.07) is 14.1. The van der Waals surface area contributed by atoms with Crippen LogP contribution in [0, 0.1) is 10.1 Å². The average molecular weight is 429 g/mol. The van der Waals surface area contributed by atoms with Gasteiger partial charge in [-0.05, 0) is 42.5 Å². The summed E-state index contributed by atoms with van der Waals surface area (Å²) >= 11 is 11.9. The second kappa shape index (κ2) is 7.54. The summed E-state index contributed by atoms with van der Waals surface area (Å²) in [6.45, 7) is 0. The Morgan fingerprint density at radius 2 is 1.69 bits per heavy atom. The summed E-state index contributed by atoms with van der Waals surface area (Å²) in [5, 5.41) is 11.4. The van der Waals surface area contributed by atoms with Crippen molar-refractivity contribution in [3.8, 4) is 11.3 Å². The molecule has 0 fully saturated rings. The van der Waals surface area contributed by atoms with E-state index in [4.69, 9.17) is 32.4 Å². The molecule has 0 spiro atoms. The zero-order valence-electron chi connectivity index (χ0n) is 14.5. The zero-order valence-corrected chi connectivity index (χ0v) is 16.0. The molecule has 0 atom stereocenters. The Morgan fingerprint density at radius 3 is 2.38 bits per heavy atom. The highest BCUT2D eigenvalue weighted by atomic mass is 35.5. The summed E-state index contributed by atoms with van der Waals surface area (Å²) < 4.78 is 10.9. The molecule has 0 aliphatic carbocycles. The van der Waals surface area contributed by atoms with Gasteiger partial charge in [-0.3, -0.25) is 10.1 Å². The number of nitro benzene ring substituents is 1. The smallest absolute Gasteiger partial charge is 0.363 e. The van der Waals surface area contributed by atoms with Crippen LogP contribution >= 0.6 is 23.2 Å². The number of non-ortho nitro benzene ring substituents is 1. The van der Waals surface area contributed by atoms with E-state index in [0.29, 0.717) is 32.7 Å². The van der Waals surface area contributed by atoms with E-state index < -0.39 is 10.9 Å². The first-order chi connectivity index (χ1) is 13.9. The topological polar surface area (TPSA) is 94.9 Å². The maximum atomic E-state index is 12.1. The lowest BCUT2D eigenvalue weighted by Gasteiger charge is -2.01. The van der Waals surface area contributed by atoms with Gasteiger partial charge in [0.2, 0.25) is 5.90 Å². The fourth-order valence-electron chi connectivity index (χ4n) is 2.63. The molecule has 7 nitrogen and oxygen atoms in total. The molecule has 3 aromatic rings. The van der Waals surface area contributed by atoms with Gasteiger partial charge in [-0.15, -0.1) is 0 Å². The maximum absolute atomic E-state index is 12.1. The van der Waals surface area contributed by atoms with Crippen LogP contribution in [0.25, 0.3) is 17.4 Å². The van der Waals surface area contributed by atoms with E-state index in [-0.39, 0.29) is 17.3 Å². The number of hydrogen-bond donors (Lipinski definition) is 0. The van der Waals surface area contributed by atoms with Crippen LogP contribution in [0.4, 0.5) is 5.69 Å². The Bertz CT molecular complexity index is 1200. The lowest BCUT2D eigenvalue weighted by molar-refractivity contribution is -0.384. The van der Waals surface area contributed by atoms with Gasteiger partial charge < -0.3 is 9.15 Å². The van der Waals surface area contributed by atoms with Gasteiger partial charge in [0.1, 0.15) is 11.5 Å². The van der Waals surface area contributed by atoms with Crippen LogP contribution in [-0.2, 0) is 9.53 Å². The molecule has 0 amide bonds. The Morgan fingerprint density at radius 1 is 0.966 bits per heavy atom. The van der Waals surface area contributed by atoms with Crippen LogP contribution in [0.15, 0.2) is 69.7 Å². The number of hydrogen-bond acceptors (Lipinski definition) is 6. The number of furan rings is 1. The molecule has 0 bridgehead atoms. The minimum absolute atomic E-state index is 0.0134. The van der Waals surface area contributed by atoms with E-state index in [1.165, 1.54) is 18.2 Å². The second-order valence-electron chi connectivity index (χ2n) is 5.97. The number of nitrogens with zero attached hydrogens (tertiary/aromatic N) is 2. The molecule has 0 saturated carbocycles. The molecular weight excluding hydrogens is 419 g/mol. The monoisotopic (exact) mass is 428 g/mol. The summed E-state index contributed by atoms with van der Waals surface area (Å²) in [5.74, 6) is 0.359. The third-order valence-corrected chi connectivity index (χ3v) is 4.79. The third kappa shape index (κ3) is 3.91. The molecule has 2 aromatic carbocycles. The highest BCUT2D eigenvalue weighted by molar-refractivity contribution is 6.42. The van der Waals surface area contributed by atoms with Crippen molar-refractivity contribution < 1.29 is 18.9 Å². The van der Waals surface area contributed by atoms with Crippen molar-refractivity contribution in [1.29, 1.82) is 0 Å². The van der Waals surface area contributed by atoms with E-state index in [0.717, 1.165) is 0 Å². The number of aliphatic imine (C=N–C) groups is 1. The van der Waals surface area contributed by atoms with Gasteiger partial charge in [0.05, 0.1) is 15.0 Å². The number of cyclic esters (lactones) is 1. The molecule has 0 saturated heterocycles. The van der Waals surface area contributed by atoms with Crippen LogP contribution < -0.4 is 0 Å². The highest BCUT2D eigenvalue weighted by Gasteiger charge is 2.25. The van der Waals surface area contributed by atoms with Crippen molar-refractivity contribution in [2.24, 2.45) is 4.99 Å². The van der Waals surface area contributed by atoms with Crippen molar-refractivity contribution in [1.82, 2.24) is 0 Å². The molecule has 144 valence electrons. The first-order valence-electron chi connectivity index (χ1n) is 8.23. The molecule has 1 aromatic heterocycles. The lowest BCUT2D eigenvalue weighted by Crippen LogP contribution is -2.05. The molecule has 0 N–H and O–H groups in total. The Labute approximate surface area is 174 Å². The van der Waals surface area contributed by atoms with Crippen molar-refractivity contribution in [3.63, 3.8) is 0 Å². The summed E-state index contributed by atoms with van der Waals surface area (Å²) in [7, 11) is 0. The molecule has 4 rings (SSSR count). The zero-order chi connectivity index (χ0) is 20.5. The molecular formula is C20H10Cl2N2O5. The number of rotatable bonds is 4. The van der Waals surface area contributed by atoms with Gasteiger partial charge in [-0.2, -0.15) is 0 Å². The number of carbonyl (C=O) groups is 1. The molecule has 1 aliphatic rings. The minimum atomic E-state index is -0.626. The van der Waals surface area contributed by atoms with Gasteiger partial charge in [-0.1, -0.05) is 23.2 Å². The normalized spacial score (nSPS) is 14.8. The number of carbonyl (C=O) groups excluding carboxylic acids is 1. The molecule has 29 heavy (non-hydrogen) atoms. The summed E-state index contributed by atoms with van der Waals surface area (Å²) in [5.41, 5.74) is 1.23. The van der Waals surface area contributed by atoms with Gasteiger partial charge in [0.15, 0.2) is 5.70 Å². The van der Waals surface area contributed by atoms with Crippen molar-refractivity contribution in [2.45, 2.75) is 0 Å². The minimum Gasteiger partial charge on any atom is -0.457 e. The number of benzene rings is 2. The van der Waals surface area contributed by atoms with E-state index in [1.54, 1.807) is 42.5 Å². The van der Waals surface area contributed by atoms with E-state index in [2.05, 4.69) is 4.99 Å². The standard InChI is InChI=1S/C20H10Cl2N2O5/c21-15-7-3-12(9-16(15)22)19-23-17(20(25)29-19)10-14-6-8-18(28-14)11-1-4-13(5-2-11)24(26)27/h1-10H. The van der Waals surface area contributed by atoms with Crippen LogP contribution in [0.1, 0.15) is 11.3 Å². The maximum Gasteiger partial charge on any atom is 0.363 e. The highest BCUT2D eigenvalue weighted by Crippen LogP contribution is 2.28. The Kier molecular flexibility index (Phi) is 4.92. The molecule has 0 radical (unpaired) electrons. The first-order valence-corrected chi connectivity index (χ1v) is 8.99.